The lowest BCUT2D eigenvalue weighted by atomic mass is 10.0. The van der Waals surface area contributed by atoms with Gasteiger partial charge in [-0.2, -0.15) is 13.2 Å². The van der Waals surface area contributed by atoms with Gasteiger partial charge in [0.25, 0.3) is 0 Å². The number of aryl methyl sites for hydroxylation is 1. The van der Waals surface area contributed by atoms with Gasteiger partial charge in [-0.3, -0.25) is 4.98 Å². The minimum atomic E-state index is -4.42. The summed E-state index contributed by atoms with van der Waals surface area (Å²) >= 11 is 0. The summed E-state index contributed by atoms with van der Waals surface area (Å²) in [5.41, 5.74) is 0.662. The Morgan fingerprint density at radius 2 is 1.84 bits per heavy atom. The van der Waals surface area contributed by atoms with Crippen molar-refractivity contribution in [2.45, 2.75) is 19.2 Å². The van der Waals surface area contributed by atoms with Crippen molar-refractivity contribution in [1.29, 1.82) is 0 Å². The van der Waals surface area contributed by atoms with Crippen LogP contribution in [-0.2, 0) is 6.18 Å². The van der Waals surface area contributed by atoms with Crippen molar-refractivity contribution in [1.82, 2.24) is 4.98 Å². The van der Waals surface area contributed by atoms with Crippen LogP contribution in [0.3, 0.4) is 0 Å². The molecular formula is C14H12F3NO. The molecule has 1 unspecified atom stereocenters. The molecule has 0 fully saturated rings. The molecule has 1 aromatic heterocycles. The van der Waals surface area contributed by atoms with Crippen LogP contribution in [0.25, 0.3) is 0 Å². The molecule has 1 atom stereocenters. The van der Waals surface area contributed by atoms with Gasteiger partial charge < -0.3 is 5.11 Å². The van der Waals surface area contributed by atoms with Gasteiger partial charge in [-0.15, -0.1) is 0 Å². The Hall–Kier alpha value is -1.88. The quantitative estimate of drug-likeness (QED) is 0.903. The van der Waals surface area contributed by atoms with Crippen molar-refractivity contribution in [2.24, 2.45) is 0 Å². The molecule has 1 aromatic carbocycles. The Morgan fingerprint density at radius 1 is 1.11 bits per heavy atom. The van der Waals surface area contributed by atoms with E-state index in [1.807, 2.05) is 0 Å². The highest BCUT2D eigenvalue weighted by atomic mass is 19.4. The average molecular weight is 267 g/mol. The summed E-state index contributed by atoms with van der Waals surface area (Å²) in [5.74, 6) is 0. The van der Waals surface area contributed by atoms with E-state index in [1.54, 1.807) is 19.1 Å². The SMILES string of the molecule is Cc1ccc(C(O)c2cccc(C(F)(F)F)c2)cn1. The summed E-state index contributed by atoms with van der Waals surface area (Å²) in [4.78, 5) is 4.01. The molecule has 2 nitrogen and oxygen atoms in total. The highest BCUT2D eigenvalue weighted by Crippen LogP contribution is 2.31. The maximum atomic E-state index is 12.6. The second-order valence-electron chi connectivity index (χ2n) is 4.26. The minimum Gasteiger partial charge on any atom is -0.384 e. The van der Waals surface area contributed by atoms with Crippen LogP contribution in [0, 0.1) is 6.92 Å². The molecule has 0 bridgehead atoms. The van der Waals surface area contributed by atoms with Gasteiger partial charge in [-0.05, 0) is 30.7 Å². The number of hydrogen-bond donors (Lipinski definition) is 1. The molecule has 0 saturated heterocycles. The Bertz CT molecular complexity index is 564. The largest absolute Gasteiger partial charge is 0.416 e. The topological polar surface area (TPSA) is 33.1 Å². The number of aromatic nitrogens is 1. The second-order valence-corrected chi connectivity index (χ2v) is 4.26. The first-order valence-electron chi connectivity index (χ1n) is 5.66. The van der Waals surface area contributed by atoms with Crippen molar-refractivity contribution in [3.8, 4) is 0 Å². The van der Waals surface area contributed by atoms with Crippen LogP contribution in [0.1, 0.15) is 28.5 Å². The van der Waals surface area contributed by atoms with Gasteiger partial charge in [0.2, 0.25) is 0 Å². The molecule has 0 spiro atoms. The lowest BCUT2D eigenvalue weighted by Gasteiger charge is -2.14. The van der Waals surface area contributed by atoms with Gasteiger partial charge in [0.15, 0.2) is 0 Å². The van der Waals surface area contributed by atoms with E-state index in [4.69, 9.17) is 0 Å². The first kappa shape index (κ1) is 13.5. The van der Waals surface area contributed by atoms with Gasteiger partial charge >= 0.3 is 6.18 Å². The lowest BCUT2D eigenvalue weighted by molar-refractivity contribution is -0.137. The number of alkyl halides is 3. The molecule has 0 aliphatic heterocycles. The maximum Gasteiger partial charge on any atom is 0.416 e. The van der Waals surface area contributed by atoms with Crippen LogP contribution < -0.4 is 0 Å². The molecule has 0 amide bonds. The first-order valence-corrected chi connectivity index (χ1v) is 5.66. The Labute approximate surface area is 108 Å². The standard InChI is InChI=1S/C14H12F3NO/c1-9-5-6-11(8-18-9)13(19)10-3-2-4-12(7-10)14(15,16)17/h2-8,13,19H,1H3. The zero-order valence-corrected chi connectivity index (χ0v) is 10.1. The third-order valence-electron chi connectivity index (χ3n) is 2.78. The summed E-state index contributed by atoms with van der Waals surface area (Å²) in [6, 6.07) is 8.01. The molecule has 1 N–H and O–H groups in total. The number of hydrogen-bond acceptors (Lipinski definition) is 2. The van der Waals surface area contributed by atoms with Crippen molar-refractivity contribution in [3.63, 3.8) is 0 Å². The molecule has 0 aliphatic rings. The monoisotopic (exact) mass is 267 g/mol. The Balaban J connectivity index is 2.34. The van der Waals surface area contributed by atoms with Crippen LogP contribution in [0.2, 0.25) is 0 Å². The highest BCUT2D eigenvalue weighted by Gasteiger charge is 2.30. The molecule has 19 heavy (non-hydrogen) atoms. The lowest BCUT2D eigenvalue weighted by Crippen LogP contribution is -2.07. The second kappa shape index (κ2) is 5.01. The fraction of sp³-hybridized carbons (Fsp3) is 0.214. The first-order chi connectivity index (χ1) is 8.88. The predicted molar refractivity (Wildman–Crippen MR) is 64.5 cm³/mol. The normalized spacial score (nSPS) is 13.3. The third kappa shape index (κ3) is 3.12. The number of halogens is 3. The van der Waals surface area contributed by atoms with Crippen LogP contribution in [-0.4, -0.2) is 10.1 Å². The summed E-state index contributed by atoms with van der Waals surface area (Å²) < 4.78 is 37.8. The van der Waals surface area contributed by atoms with Crippen LogP contribution in [0.15, 0.2) is 42.6 Å². The van der Waals surface area contributed by atoms with E-state index >= 15 is 0 Å². The molecule has 100 valence electrons. The molecule has 1 heterocycles. The van der Waals surface area contributed by atoms with Crippen molar-refractivity contribution >= 4 is 0 Å². The smallest absolute Gasteiger partial charge is 0.384 e. The highest BCUT2D eigenvalue weighted by molar-refractivity contribution is 5.33. The van der Waals surface area contributed by atoms with E-state index < -0.39 is 17.8 Å². The number of nitrogens with zero attached hydrogens (tertiary/aromatic N) is 1. The molecular weight excluding hydrogens is 255 g/mol. The zero-order chi connectivity index (χ0) is 14.0. The number of aliphatic hydroxyl groups excluding tert-OH is 1. The van der Waals surface area contributed by atoms with Gasteiger partial charge in [0.1, 0.15) is 6.10 Å². The van der Waals surface area contributed by atoms with Crippen molar-refractivity contribution in [2.75, 3.05) is 0 Å². The average Bonchev–Trinajstić information content (AvgIpc) is 2.38. The summed E-state index contributed by atoms with van der Waals surface area (Å²) in [6.45, 7) is 1.79. The zero-order valence-electron chi connectivity index (χ0n) is 10.1. The van der Waals surface area contributed by atoms with E-state index in [-0.39, 0.29) is 5.56 Å². The molecule has 2 rings (SSSR count). The fourth-order valence-electron chi connectivity index (χ4n) is 1.72. The van der Waals surface area contributed by atoms with Gasteiger partial charge in [-0.25, -0.2) is 0 Å². The Kier molecular flexibility index (Phi) is 3.57. The summed E-state index contributed by atoms with van der Waals surface area (Å²) in [5, 5.41) is 10.1. The van der Waals surface area contributed by atoms with E-state index in [9.17, 15) is 18.3 Å². The molecule has 0 radical (unpaired) electrons. The van der Waals surface area contributed by atoms with Crippen molar-refractivity contribution in [3.05, 3.63) is 65.0 Å². The maximum absolute atomic E-state index is 12.6. The van der Waals surface area contributed by atoms with Crippen LogP contribution >= 0.6 is 0 Å². The fourth-order valence-corrected chi connectivity index (χ4v) is 1.72. The molecule has 0 saturated carbocycles. The number of pyridine rings is 1. The molecule has 2 aromatic rings. The van der Waals surface area contributed by atoms with Crippen molar-refractivity contribution < 1.29 is 18.3 Å². The van der Waals surface area contributed by atoms with E-state index in [0.29, 0.717) is 5.56 Å². The minimum absolute atomic E-state index is 0.195. The Morgan fingerprint density at radius 3 is 2.42 bits per heavy atom. The van der Waals surface area contributed by atoms with E-state index in [2.05, 4.69) is 4.98 Å². The van der Waals surface area contributed by atoms with Gasteiger partial charge in [0, 0.05) is 17.5 Å². The molecule has 0 aliphatic carbocycles. The number of rotatable bonds is 2. The van der Waals surface area contributed by atoms with Gasteiger partial charge in [0.05, 0.1) is 5.56 Å². The number of benzene rings is 1. The number of aliphatic hydroxyl groups is 1. The van der Waals surface area contributed by atoms with Crippen LogP contribution in [0.4, 0.5) is 13.2 Å². The van der Waals surface area contributed by atoms with Crippen LogP contribution in [0.5, 0.6) is 0 Å². The summed E-state index contributed by atoms with van der Waals surface area (Å²) in [6.07, 6.45) is -4.07. The third-order valence-corrected chi connectivity index (χ3v) is 2.78. The van der Waals surface area contributed by atoms with E-state index in [1.165, 1.54) is 18.3 Å². The van der Waals surface area contributed by atoms with Gasteiger partial charge in [-0.1, -0.05) is 18.2 Å². The molecule has 5 heteroatoms. The van der Waals surface area contributed by atoms with E-state index in [0.717, 1.165) is 17.8 Å². The predicted octanol–water partition coefficient (Wildman–Crippen LogP) is 3.49. The summed E-state index contributed by atoms with van der Waals surface area (Å²) in [7, 11) is 0.